The lowest BCUT2D eigenvalue weighted by Gasteiger charge is -2.18. The Morgan fingerprint density at radius 2 is 2.05 bits per heavy atom. The van der Waals surface area contributed by atoms with Gasteiger partial charge in [-0.2, -0.15) is 0 Å². The first-order valence-electron chi connectivity index (χ1n) is 7.06. The molecule has 0 radical (unpaired) electrons. The lowest BCUT2D eigenvalue weighted by Crippen LogP contribution is -2.28. The largest absolute Gasteiger partial charge is 0.342 e. The molecule has 0 amide bonds. The number of hydrogen-bond acceptors (Lipinski definition) is 2. The van der Waals surface area contributed by atoms with Crippen LogP contribution >= 0.6 is 15.9 Å². The van der Waals surface area contributed by atoms with E-state index in [-0.39, 0.29) is 6.04 Å². The molecule has 4 heteroatoms. The fraction of sp³-hybridized carbons (Fsp3) is 0.533. The number of aryl methyl sites for hydroxylation is 1. The molecular formula is C15H20BrN3. The summed E-state index contributed by atoms with van der Waals surface area (Å²) in [6, 6.07) is 4.45. The molecule has 0 saturated heterocycles. The number of H-pyrrole nitrogens is 1. The van der Waals surface area contributed by atoms with Gasteiger partial charge in [0, 0.05) is 16.4 Å². The minimum atomic E-state index is 0.242. The summed E-state index contributed by atoms with van der Waals surface area (Å²) in [7, 11) is 0. The molecule has 0 aliphatic heterocycles. The minimum absolute atomic E-state index is 0.242. The summed E-state index contributed by atoms with van der Waals surface area (Å²) in [4.78, 5) is 8.30. The lowest BCUT2D eigenvalue weighted by molar-refractivity contribution is 0.488. The minimum Gasteiger partial charge on any atom is -0.342 e. The molecule has 19 heavy (non-hydrogen) atoms. The van der Waals surface area contributed by atoms with Crippen LogP contribution in [0.5, 0.6) is 0 Å². The third kappa shape index (κ3) is 2.56. The molecule has 3 rings (SSSR count). The van der Waals surface area contributed by atoms with Crippen LogP contribution in [0, 0.1) is 6.92 Å². The number of halogens is 1. The third-order valence-electron chi connectivity index (χ3n) is 4.18. The summed E-state index contributed by atoms with van der Waals surface area (Å²) in [5.41, 5.74) is 9.72. The number of nitrogens with zero attached hydrogens (tertiary/aromatic N) is 1. The molecule has 1 fully saturated rings. The first-order chi connectivity index (χ1) is 9.15. The van der Waals surface area contributed by atoms with Crippen LogP contribution in [0.15, 0.2) is 16.6 Å². The maximum Gasteiger partial charge on any atom is 0.111 e. The zero-order valence-corrected chi connectivity index (χ0v) is 12.8. The van der Waals surface area contributed by atoms with E-state index >= 15 is 0 Å². The highest BCUT2D eigenvalue weighted by Crippen LogP contribution is 2.31. The molecule has 1 saturated carbocycles. The first kappa shape index (κ1) is 13.1. The summed E-state index contributed by atoms with van der Waals surface area (Å²) in [6.07, 6.45) is 6.08. The number of benzene rings is 1. The van der Waals surface area contributed by atoms with Crippen molar-refractivity contribution in [3.05, 3.63) is 28.0 Å². The molecule has 1 aromatic carbocycles. The Labute approximate surface area is 122 Å². The van der Waals surface area contributed by atoms with E-state index in [0.717, 1.165) is 34.2 Å². The zero-order chi connectivity index (χ0) is 13.4. The second-order valence-electron chi connectivity index (χ2n) is 5.65. The van der Waals surface area contributed by atoms with Crippen LogP contribution in [0.3, 0.4) is 0 Å². The van der Waals surface area contributed by atoms with Crippen molar-refractivity contribution >= 4 is 27.0 Å². The second kappa shape index (κ2) is 5.25. The predicted molar refractivity (Wildman–Crippen MR) is 82.3 cm³/mol. The van der Waals surface area contributed by atoms with Gasteiger partial charge in [0.1, 0.15) is 5.82 Å². The number of fused-ring (bicyclic) bond motifs is 1. The Hall–Kier alpha value is -0.870. The van der Waals surface area contributed by atoms with Crippen LogP contribution in [0.2, 0.25) is 0 Å². The Morgan fingerprint density at radius 1 is 1.26 bits per heavy atom. The molecule has 3 nitrogen and oxygen atoms in total. The molecule has 1 heterocycles. The van der Waals surface area contributed by atoms with E-state index in [4.69, 9.17) is 10.7 Å². The van der Waals surface area contributed by atoms with Crippen LogP contribution in [0.1, 0.15) is 49.4 Å². The van der Waals surface area contributed by atoms with Gasteiger partial charge < -0.3 is 10.7 Å². The maximum absolute atomic E-state index is 6.33. The van der Waals surface area contributed by atoms with Crippen molar-refractivity contribution in [3.63, 3.8) is 0 Å². The van der Waals surface area contributed by atoms with E-state index in [1.807, 2.05) is 0 Å². The highest BCUT2D eigenvalue weighted by atomic mass is 79.9. The Bertz CT molecular complexity index is 590. The average Bonchev–Trinajstić information content (AvgIpc) is 2.65. The predicted octanol–water partition coefficient (Wildman–Crippen LogP) is 4.01. The Balaban J connectivity index is 2.02. The van der Waals surface area contributed by atoms with Gasteiger partial charge in [-0.1, -0.05) is 35.2 Å². The quantitative estimate of drug-likeness (QED) is 0.780. The number of rotatable bonds is 1. The van der Waals surface area contributed by atoms with Crippen molar-refractivity contribution < 1.29 is 0 Å². The lowest BCUT2D eigenvalue weighted by atomic mass is 9.95. The smallest absolute Gasteiger partial charge is 0.111 e. The fourth-order valence-electron chi connectivity index (χ4n) is 3.12. The zero-order valence-electron chi connectivity index (χ0n) is 11.2. The third-order valence-corrected chi connectivity index (χ3v) is 4.64. The molecular weight excluding hydrogens is 302 g/mol. The second-order valence-corrected chi connectivity index (χ2v) is 6.56. The number of nitrogens with one attached hydrogen (secondary N) is 1. The monoisotopic (exact) mass is 321 g/mol. The number of imidazole rings is 1. The van der Waals surface area contributed by atoms with Gasteiger partial charge in [-0.15, -0.1) is 0 Å². The van der Waals surface area contributed by atoms with Crippen molar-refractivity contribution in [1.29, 1.82) is 0 Å². The number of aromatic nitrogens is 2. The van der Waals surface area contributed by atoms with E-state index in [1.54, 1.807) is 0 Å². The molecule has 102 valence electrons. The number of nitrogens with two attached hydrogens (primary N) is 1. The molecule has 1 aliphatic carbocycles. The highest BCUT2D eigenvalue weighted by molar-refractivity contribution is 9.10. The number of hydrogen-bond donors (Lipinski definition) is 2. The van der Waals surface area contributed by atoms with Crippen molar-refractivity contribution in [2.75, 3.05) is 0 Å². The molecule has 3 N–H and O–H groups in total. The molecule has 0 bridgehead atoms. The van der Waals surface area contributed by atoms with Crippen molar-refractivity contribution in [2.45, 2.75) is 51.0 Å². The van der Waals surface area contributed by atoms with Crippen molar-refractivity contribution in [2.24, 2.45) is 5.73 Å². The van der Waals surface area contributed by atoms with Gasteiger partial charge in [-0.05, 0) is 37.5 Å². The van der Waals surface area contributed by atoms with Crippen molar-refractivity contribution in [3.8, 4) is 0 Å². The average molecular weight is 322 g/mol. The molecule has 2 aromatic rings. The molecule has 1 aliphatic rings. The maximum atomic E-state index is 6.33. The van der Waals surface area contributed by atoms with E-state index in [1.165, 1.54) is 24.8 Å². The fourth-order valence-corrected chi connectivity index (χ4v) is 3.69. The SMILES string of the molecule is Cc1cc(Br)cc2[nH]c(C3CCCCCC3N)nc12. The topological polar surface area (TPSA) is 54.7 Å². The van der Waals surface area contributed by atoms with Crippen LogP contribution < -0.4 is 5.73 Å². The Morgan fingerprint density at radius 3 is 2.89 bits per heavy atom. The number of aromatic amines is 1. The van der Waals surface area contributed by atoms with Gasteiger partial charge in [0.2, 0.25) is 0 Å². The van der Waals surface area contributed by atoms with Gasteiger partial charge in [0.05, 0.1) is 11.0 Å². The van der Waals surface area contributed by atoms with E-state index < -0.39 is 0 Å². The van der Waals surface area contributed by atoms with E-state index in [2.05, 4.69) is 40.0 Å². The van der Waals surface area contributed by atoms with Crippen LogP contribution in [0.25, 0.3) is 11.0 Å². The summed E-state index contributed by atoms with van der Waals surface area (Å²) in [6.45, 7) is 2.10. The molecule has 2 atom stereocenters. The first-order valence-corrected chi connectivity index (χ1v) is 7.86. The highest BCUT2D eigenvalue weighted by Gasteiger charge is 2.25. The van der Waals surface area contributed by atoms with Gasteiger partial charge in [0.15, 0.2) is 0 Å². The molecule has 1 aromatic heterocycles. The molecule has 0 spiro atoms. The van der Waals surface area contributed by atoms with E-state index in [9.17, 15) is 0 Å². The summed E-state index contributed by atoms with van der Waals surface area (Å²) in [5, 5.41) is 0. The van der Waals surface area contributed by atoms with E-state index in [0.29, 0.717) is 5.92 Å². The van der Waals surface area contributed by atoms with Gasteiger partial charge in [-0.25, -0.2) is 4.98 Å². The van der Waals surface area contributed by atoms with Gasteiger partial charge in [0.25, 0.3) is 0 Å². The van der Waals surface area contributed by atoms with Gasteiger partial charge in [-0.3, -0.25) is 0 Å². The normalized spacial score (nSPS) is 24.6. The van der Waals surface area contributed by atoms with Crippen LogP contribution in [-0.4, -0.2) is 16.0 Å². The van der Waals surface area contributed by atoms with Crippen LogP contribution in [0.4, 0.5) is 0 Å². The van der Waals surface area contributed by atoms with Crippen molar-refractivity contribution in [1.82, 2.24) is 9.97 Å². The van der Waals surface area contributed by atoms with Gasteiger partial charge >= 0.3 is 0 Å². The summed E-state index contributed by atoms with van der Waals surface area (Å²) < 4.78 is 1.10. The summed E-state index contributed by atoms with van der Waals surface area (Å²) in [5.74, 6) is 1.46. The molecule has 2 unspecified atom stereocenters. The summed E-state index contributed by atoms with van der Waals surface area (Å²) >= 11 is 3.54. The standard InChI is InChI=1S/C15H20BrN3/c1-9-7-10(16)8-13-14(9)19-15(18-13)11-5-3-2-4-6-12(11)17/h7-8,11-12H,2-6,17H2,1H3,(H,18,19). The van der Waals surface area contributed by atoms with Crippen LogP contribution in [-0.2, 0) is 0 Å². The Kier molecular flexibility index (Phi) is 3.63.